The van der Waals surface area contributed by atoms with Crippen LogP contribution >= 0.6 is 17.0 Å². The molecule has 2 nitrogen and oxygen atoms in total. The molecule has 0 aliphatic rings. The predicted octanol–water partition coefficient (Wildman–Crippen LogP) is 9.17. The van der Waals surface area contributed by atoms with Crippen molar-refractivity contribution < 1.29 is 26.0 Å². The molecule has 0 saturated heterocycles. The normalized spacial score (nSPS) is 11.6. The molecule has 0 amide bonds. The molecule has 0 aromatic heterocycles. The van der Waals surface area contributed by atoms with Gasteiger partial charge < -0.3 is 5.11 Å². The molecule has 0 radical (unpaired) electrons. The molecule has 0 bridgehead atoms. The van der Waals surface area contributed by atoms with E-state index >= 15 is 0 Å². The molecule has 0 aliphatic carbocycles. The second-order valence-corrected chi connectivity index (χ2v) is 13.3. The standard InChI is InChI=1S/C31H31NO.2ClH.Zr/c1-30(2,24-14-8-5-9-15-24)26-20-23(22-32-27-18-12-7-13-19-27)29(33)28(21-26)31(3,4)25-16-10-6-11-17-25;;;/h5-22,33H,1-4H3;2*1H;/q;;;+2/p-2. The molecule has 0 unspecified atom stereocenters. The van der Waals surface area contributed by atoms with Crippen molar-refractivity contribution >= 4 is 28.9 Å². The van der Waals surface area contributed by atoms with Crippen molar-refractivity contribution in [3.05, 3.63) is 131 Å². The molecule has 0 atom stereocenters. The van der Waals surface area contributed by atoms with Gasteiger partial charge >= 0.3 is 37.9 Å². The number of aromatic hydroxyl groups is 1. The molecule has 0 aliphatic heterocycles. The quantitative estimate of drug-likeness (QED) is 0.222. The topological polar surface area (TPSA) is 32.6 Å². The van der Waals surface area contributed by atoms with E-state index in [9.17, 15) is 5.11 Å². The number of hydrogen-bond donors (Lipinski definition) is 1. The number of para-hydroxylation sites is 1. The Labute approximate surface area is 233 Å². The van der Waals surface area contributed by atoms with Crippen LogP contribution in [0.3, 0.4) is 0 Å². The Morgan fingerprint density at radius 1 is 0.667 bits per heavy atom. The van der Waals surface area contributed by atoms with E-state index in [0.717, 1.165) is 27.9 Å². The van der Waals surface area contributed by atoms with Gasteiger partial charge in [-0.25, -0.2) is 0 Å². The van der Waals surface area contributed by atoms with Crippen LogP contribution in [0, 0.1) is 0 Å². The van der Waals surface area contributed by atoms with Crippen LogP contribution in [0.15, 0.2) is 108 Å². The van der Waals surface area contributed by atoms with Crippen molar-refractivity contribution in [2.75, 3.05) is 0 Å². The zero-order valence-electron chi connectivity index (χ0n) is 21.0. The number of aliphatic imine (C=N–C) groups is 1. The fourth-order valence-corrected chi connectivity index (χ4v) is 4.28. The van der Waals surface area contributed by atoms with Gasteiger partial charge in [0.2, 0.25) is 0 Å². The number of rotatable bonds is 6. The molecule has 5 heteroatoms. The van der Waals surface area contributed by atoms with Gasteiger partial charge in [-0.05, 0) is 34.9 Å². The van der Waals surface area contributed by atoms with Gasteiger partial charge in [-0.1, -0.05) is 113 Å². The Bertz CT molecular complexity index is 1270. The summed E-state index contributed by atoms with van der Waals surface area (Å²) in [4.78, 5) is 4.64. The number of hydrogen-bond acceptors (Lipinski definition) is 2. The summed E-state index contributed by atoms with van der Waals surface area (Å²) in [5, 5.41) is 11.4. The van der Waals surface area contributed by atoms with Crippen LogP contribution in [0.4, 0.5) is 5.69 Å². The summed E-state index contributed by atoms with van der Waals surface area (Å²) in [6.07, 6.45) is 1.78. The average Bonchev–Trinajstić information content (AvgIpc) is 2.90. The second kappa shape index (κ2) is 12.9. The Hall–Kier alpha value is -2.19. The molecule has 0 spiro atoms. The maximum absolute atomic E-state index is 11.4. The van der Waals surface area contributed by atoms with Gasteiger partial charge in [-0.3, -0.25) is 4.99 Å². The van der Waals surface area contributed by atoms with Crippen LogP contribution in [-0.4, -0.2) is 11.3 Å². The summed E-state index contributed by atoms with van der Waals surface area (Å²) in [6, 6.07) is 34.9. The third kappa shape index (κ3) is 6.77. The van der Waals surface area contributed by atoms with E-state index in [-0.39, 0.29) is 16.6 Å². The molecule has 0 heterocycles. The van der Waals surface area contributed by atoms with Gasteiger partial charge in [0.15, 0.2) is 0 Å². The van der Waals surface area contributed by atoms with Crippen LogP contribution in [0.2, 0.25) is 0 Å². The Balaban J connectivity index is 0.00000115. The van der Waals surface area contributed by atoms with Gasteiger partial charge in [0.1, 0.15) is 5.75 Å². The van der Waals surface area contributed by atoms with Crippen molar-refractivity contribution in [1.29, 1.82) is 0 Å². The van der Waals surface area contributed by atoms with E-state index in [1.165, 1.54) is 5.56 Å². The summed E-state index contributed by atoms with van der Waals surface area (Å²) < 4.78 is 0. The molecule has 0 saturated carbocycles. The van der Waals surface area contributed by atoms with E-state index in [1.807, 2.05) is 54.6 Å². The third-order valence-electron chi connectivity index (χ3n) is 6.63. The number of phenolic OH excluding ortho intramolecular Hbond substituents is 1. The molecule has 4 aromatic rings. The van der Waals surface area contributed by atoms with Crippen LogP contribution < -0.4 is 0 Å². The predicted molar refractivity (Wildman–Crippen MR) is 151 cm³/mol. The average molecular weight is 596 g/mol. The van der Waals surface area contributed by atoms with Gasteiger partial charge in [-0.2, -0.15) is 0 Å². The van der Waals surface area contributed by atoms with Crippen molar-refractivity contribution in [3.63, 3.8) is 0 Å². The van der Waals surface area contributed by atoms with Gasteiger partial charge in [0, 0.05) is 28.2 Å². The summed E-state index contributed by atoms with van der Waals surface area (Å²) in [5.41, 5.74) is 5.36. The molecule has 0 fully saturated rings. The number of halogens is 2. The summed E-state index contributed by atoms with van der Waals surface area (Å²) in [5.74, 6) is 0.274. The van der Waals surface area contributed by atoms with Gasteiger partial charge in [-0.15, -0.1) is 0 Å². The van der Waals surface area contributed by atoms with E-state index in [0.29, 0.717) is 0 Å². The van der Waals surface area contributed by atoms with E-state index in [4.69, 9.17) is 17.0 Å². The minimum atomic E-state index is -0.826. The molecule has 36 heavy (non-hydrogen) atoms. The zero-order chi connectivity index (χ0) is 26.2. The van der Waals surface area contributed by atoms with Crippen LogP contribution in [0.1, 0.15) is 55.5 Å². The van der Waals surface area contributed by atoms with Crippen LogP contribution in [0.5, 0.6) is 5.75 Å². The second-order valence-electron chi connectivity index (χ2n) is 9.61. The zero-order valence-corrected chi connectivity index (χ0v) is 25.0. The van der Waals surface area contributed by atoms with Crippen molar-refractivity contribution in [3.8, 4) is 5.75 Å². The fraction of sp³-hybridized carbons (Fsp3) is 0.194. The first-order valence-electron chi connectivity index (χ1n) is 11.8. The molecule has 4 aromatic carbocycles. The Morgan fingerprint density at radius 3 is 1.61 bits per heavy atom. The van der Waals surface area contributed by atoms with Crippen molar-refractivity contribution in [2.24, 2.45) is 4.99 Å². The monoisotopic (exact) mass is 593 g/mol. The third-order valence-corrected chi connectivity index (χ3v) is 6.63. The molecule has 1 N–H and O–H groups in total. The van der Waals surface area contributed by atoms with Gasteiger partial charge in [0.05, 0.1) is 5.69 Å². The first kappa shape index (κ1) is 28.4. The minimum absolute atomic E-state index is 0.244. The van der Waals surface area contributed by atoms with E-state index < -0.39 is 20.8 Å². The molecule has 4 rings (SSSR count). The maximum atomic E-state index is 11.4. The van der Waals surface area contributed by atoms with E-state index in [2.05, 4.69) is 81.2 Å². The molecule has 184 valence electrons. The summed E-state index contributed by atoms with van der Waals surface area (Å²) in [6.45, 7) is 8.78. The van der Waals surface area contributed by atoms with Gasteiger partial charge in [0.25, 0.3) is 0 Å². The Kier molecular flexibility index (Phi) is 10.1. The SMILES string of the molecule is CC(C)(c1ccccc1)c1cc(C=Nc2ccccc2)c(O)c(C(C)(C)c2ccccc2)c1.[Cl][Zr][Cl]. The first-order chi connectivity index (χ1) is 17.2. The van der Waals surface area contributed by atoms with Crippen LogP contribution in [-0.2, 0) is 31.7 Å². The number of benzene rings is 4. The summed E-state index contributed by atoms with van der Waals surface area (Å²) in [7, 11) is 9.87. The Morgan fingerprint density at radius 2 is 1.11 bits per heavy atom. The summed E-state index contributed by atoms with van der Waals surface area (Å²) >= 11 is -0.826. The number of phenols is 1. The van der Waals surface area contributed by atoms with Crippen LogP contribution in [0.25, 0.3) is 0 Å². The number of nitrogens with zero attached hydrogens (tertiary/aromatic N) is 1. The van der Waals surface area contributed by atoms with Crippen molar-refractivity contribution in [2.45, 2.75) is 38.5 Å². The molecular weight excluding hydrogens is 564 g/mol. The van der Waals surface area contributed by atoms with E-state index in [1.54, 1.807) is 6.21 Å². The fourth-order valence-electron chi connectivity index (χ4n) is 4.28. The first-order valence-corrected chi connectivity index (χ1v) is 18.1. The van der Waals surface area contributed by atoms with Crippen molar-refractivity contribution in [1.82, 2.24) is 0 Å². The molecular formula is C31H31Cl2NOZr.